The van der Waals surface area contributed by atoms with Gasteiger partial charge in [-0.15, -0.1) is 0 Å². The van der Waals surface area contributed by atoms with Crippen molar-refractivity contribution in [3.63, 3.8) is 0 Å². The molecule has 5 heteroatoms. The fourth-order valence-corrected chi connectivity index (χ4v) is 3.35. The van der Waals surface area contributed by atoms with Gasteiger partial charge in [0, 0.05) is 13.2 Å². The minimum Gasteiger partial charge on any atom is -0.348 e. The summed E-state index contributed by atoms with van der Waals surface area (Å²) in [7, 11) is 1.76. The van der Waals surface area contributed by atoms with E-state index in [1.165, 1.54) is 0 Å². The lowest BCUT2D eigenvalue weighted by atomic mass is 9.99. The molecule has 0 radical (unpaired) electrons. The van der Waals surface area contributed by atoms with Gasteiger partial charge in [-0.1, -0.05) is 42.5 Å². The van der Waals surface area contributed by atoms with Crippen molar-refractivity contribution >= 4 is 17.6 Å². The molecule has 1 aliphatic rings. The van der Waals surface area contributed by atoms with E-state index in [0.717, 1.165) is 4.90 Å². The zero-order valence-corrected chi connectivity index (χ0v) is 14.1. The maximum Gasteiger partial charge on any atom is 0.262 e. The van der Waals surface area contributed by atoms with Gasteiger partial charge in [0.05, 0.1) is 16.8 Å². The lowest BCUT2D eigenvalue weighted by molar-refractivity contribution is 0.0536. The number of aromatic nitrogens is 1. The summed E-state index contributed by atoms with van der Waals surface area (Å²) in [5.74, 6) is -1.18. The number of hydrogen-bond donors (Lipinski definition) is 0. The van der Waals surface area contributed by atoms with Gasteiger partial charge in [0.1, 0.15) is 6.04 Å². The Morgan fingerprint density at radius 2 is 1.38 bits per heavy atom. The zero-order valence-electron chi connectivity index (χ0n) is 14.1. The van der Waals surface area contributed by atoms with Crippen molar-refractivity contribution in [1.82, 2.24) is 9.47 Å². The number of aryl methyl sites for hydroxylation is 1. The standard InChI is InChI=1S/C21H16N2O3/c1-22-13-7-12-17(22)19(24)18(14-8-3-2-4-9-14)23-20(25)15-10-5-6-11-16(15)21(23)26/h2-13,18H,1H3/t18-/m1/s1. The Bertz CT molecular complexity index is 986. The van der Waals surface area contributed by atoms with Crippen LogP contribution < -0.4 is 0 Å². The molecule has 2 amide bonds. The molecule has 2 aromatic carbocycles. The predicted octanol–water partition coefficient (Wildman–Crippen LogP) is 3.25. The normalized spacial score (nSPS) is 14.4. The lowest BCUT2D eigenvalue weighted by Crippen LogP contribution is -2.39. The summed E-state index contributed by atoms with van der Waals surface area (Å²) in [6.07, 6.45) is 1.76. The second-order valence-corrected chi connectivity index (χ2v) is 6.21. The molecule has 0 fully saturated rings. The Morgan fingerprint density at radius 3 is 1.92 bits per heavy atom. The molecule has 128 valence electrons. The first-order chi connectivity index (χ1) is 12.6. The molecule has 0 saturated carbocycles. The number of amides is 2. The van der Waals surface area contributed by atoms with E-state index in [1.54, 1.807) is 78.5 Å². The monoisotopic (exact) mass is 344 g/mol. The summed E-state index contributed by atoms with van der Waals surface area (Å²) in [6, 6.07) is 18.0. The summed E-state index contributed by atoms with van der Waals surface area (Å²) in [5.41, 5.74) is 1.71. The van der Waals surface area contributed by atoms with Crippen LogP contribution in [0, 0.1) is 0 Å². The quantitative estimate of drug-likeness (QED) is 0.539. The largest absolute Gasteiger partial charge is 0.348 e. The van der Waals surface area contributed by atoms with Crippen LogP contribution in [0.1, 0.15) is 42.8 Å². The molecule has 1 aromatic heterocycles. The average molecular weight is 344 g/mol. The molecular weight excluding hydrogens is 328 g/mol. The molecule has 0 bridgehead atoms. The number of ketones is 1. The number of nitrogens with zero attached hydrogens (tertiary/aromatic N) is 2. The van der Waals surface area contributed by atoms with Crippen LogP contribution in [-0.2, 0) is 7.05 Å². The highest BCUT2D eigenvalue weighted by Crippen LogP contribution is 2.33. The van der Waals surface area contributed by atoms with Gasteiger partial charge in [0.15, 0.2) is 0 Å². The van der Waals surface area contributed by atoms with Crippen LogP contribution in [0.2, 0.25) is 0 Å². The second kappa shape index (κ2) is 6.11. The molecule has 0 aliphatic carbocycles. The highest BCUT2D eigenvalue weighted by molar-refractivity contribution is 6.23. The van der Waals surface area contributed by atoms with Crippen LogP contribution in [0.15, 0.2) is 72.9 Å². The molecule has 3 aromatic rings. The van der Waals surface area contributed by atoms with Gasteiger partial charge in [0.2, 0.25) is 5.78 Å². The number of carbonyl (C=O) groups is 3. The van der Waals surface area contributed by atoms with E-state index >= 15 is 0 Å². The molecular formula is C21H16N2O3. The second-order valence-electron chi connectivity index (χ2n) is 6.21. The fraction of sp³-hybridized carbons (Fsp3) is 0.0952. The molecule has 0 unspecified atom stereocenters. The summed E-state index contributed by atoms with van der Waals surface area (Å²) in [4.78, 5) is 40.2. The van der Waals surface area contributed by atoms with E-state index in [2.05, 4.69) is 0 Å². The Morgan fingerprint density at radius 1 is 0.808 bits per heavy atom. The van der Waals surface area contributed by atoms with Crippen molar-refractivity contribution in [2.45, 2.75) is 6.04 Å². The summed E-state index contributed by atoms with van der Waals surface area (Å²) in [6.45, 7) is 0. The number of Topliss-reactive ketones (excluding diaryl/α,β-unsaturated/α-hetero) is 1. The summed E-state index contributed by atoms with van der Waals surface area (Å²) >= 11 is 0. The topological polar surface area (TPSA) is 59.4 Å². The number of imide groups is 1. The van der Waals surface area contributed by atoms with Crippen molar-refractivity contribution in [2.24, 2.45) is 7.05 Å². The minimum atomic E-state index is -1.00. The van der Waals surface area contributed by atoms with Gasteiger partial charge in [-0.25, -0.2) is 0 Å². The van der Waals surface area contributed by atoms with Gasteiger partial charge >= 0.3 is 0 Å². The van der Waals surface area contributed by atoms with E-state index in [-0.39, 0.29) is 5.78 Å². The van der Waals surface area contributed by atoms with Gasteiger partial charge < -0.3 is 4.57 Å². The first-order valence-electron chi connectivity index (χ1n) is 8.27. The number of rotatable bonds is 4. The average Bonchev–Trinajstić information content (AvgIpc) is 3.20. The first kappa shape index (κ1) is 16.0. The van der Waals surface area contributed by atoms with E-state index in [4.69, 9.17) is 0 Å². The van der Waals surface area contributed by atoms with Crippen molar-refractivity contribution in [3.05, 3.63) is 95.3 Å². The molecule has 0 spiro atoms. The third-order valence-electron chi connectivity index (χ3n) is 4.64. The highest BCUT2D eigenvalue weighted by atomic mass is 16.2. The van der Waals surface area contributed by atoms with E-state index in [9.17, 15) is 14.4 Å². The lowest BCUT2D eigenvalue weighted by Gasteiger charge is -2.25. The molecule has 1 aliphatic heterocycles. The number of benzene rings is 2. The molecule has 0 N–H and O–H groups in total. The Kier molecular flexibility index (Phi) is 3.77. The molecule has 5 nitrogen and oxygen atoms in total. The third kappa shape index (κ3) is 2.37. The van der Waals surface area contributed by atoms with E-state index in [1.807, 2.05) is 6.07 Å². The molecule has 0 saturated heterocycles. The van der Waals surface area contributed by atoms with Crippen LogP contribution in [0.3, 0.4) is 0 Å². The SMILES string of the molecule is Cn1cccc1C(=O)[C@@H](c1ccccc1)N1C(=O)c2ccccc2C1=O. The fourth-order valence-electron chi connectivity index (χ4n) is 3.35. The Hall–Kier alpha value is -3.47. The molecule has 4 rings (SSSR count). The molecule has 2 heterocycles. The number of carbonyl (C=O) groups excluding carboxylic acids is 3. The maximum atomic E-state index is 13.3. The number of hydrogen-bond acceptors (Lipinski definition) is 3. The summed E-state index contributed by atoms with van der Waals surface area (Å²) in [5, 5.41) is 0. The van der Waals surface area contributed by atoms with Crippen LogP contribution in [0.25, 0.3) is 0 Å². The third-order valence-corrected chi connectivity index (χ3v) is 4.64. The van der Waals surface area contributed by atoms with Gasteiger partial charge in [-0.2, -0.15) is 0 Å². The van der Waals surface area contributed by atoms with Crippen LogP contribution >= 0.6 is 0 Å². The zero-order chi connectivity index (χ0) is 18.3. The highest BCUT2D eigenvalue weighted by Gasteiger charge is 2.43. The molecule has 26 heavy (non-hydrogen) atoms. The van der Waals surface area contributed by atoms with Crippen molar-refractivity contribution in [2.75, 3.05) is 0 Å². The van der Waals surface area contributed by atoms with Crippen LogP contribution in [-0.4, -0.2) is 27.1 Å². The Balaban J connectivity index is 1.85. The van der Waals surface area contributed by atoms with Crippen molar-refractivity contribution in [3.8, 4) is 0 Å². The molecule has 1 atom stereocenters. The smallest absolute Gasteiger partial charge is 0.262 e. The maximum absolute atomic E-state index is 13.3. The van der Waals surface area contributed by atoms with E-state index < -0.39 is 17.9 Å². The van der Waals surface area contributed by atoms with Crippen molar-refractivity contribution < 1.29 is 14.4 Å². The van der Waals surface area contributed by atoms with Crippen LogP contribution in [0.4, 0.5) is 0 Å². The van der Waals surface area contributed by atoms with Gasteiger partial charge in [0.25, 0.3) is 11.8 Å². The van der Waals surface area contributed by atoms with Gasteiger partial charge in [-0.3, -0.25) is 19.3 Å². The number of fused-ring (bicyclic) bond motifs is 1. The predicted molar refractivity (Wildman–Crippen MR) is 95.9 cm³/mol. The van der Waals surface area contributed by atoms with E-state index in [0.29, 0.717) is 22.4 Å². The van der Waals surface area contributed by atoms with Gasteiger partial charge in [-0.05, 0) is 29.8 Å². The summed E-state index contributed by atoms with van der Waals surface area (Å²) < 4.78 is 1.69. The van der Waals surface area contributed by atoms with Crippen LogP contribution in [0.5, 0.6) is 0 Å². The first-order valence-corrected chi connectivity index (χ1v) is 8.27. The minimum absolute atomic E-state index is 0.293. The Labute approximate surface area is 150 Å². The van der Waals surface area contributed by atoms with Crippen molar-refractivity contribution in [1.29, 1.82) is 0 Å².